The number of carbonyl (C=O) groups excluding carboxylic acids is 1. The van der Waals surface area contributed by atoms with E-state index in [1.54, 1.807) is 0 Å². The molecule has 2 rings (SSSR count). The van der Waals surface area contributed by atoms with Crippen LogP contribution in [0, 0.1) is 6.92 Å². The number of azide groups is 1. The van der Waals surface area contributed by atoms with Crippen LogP contribution in [0.5, 0.6) is 0 Å². The first-order valence-electron chi connectivity index (χ1n) is 8.71. The van der Waals surface area contributed by atoms with Gasteiger partial charge in [0.05, 0.1) is 6.04 Å². The average Bonchev–Trinajstić information content (AvgIpc) is 3.03. The van der Waals surface area contributed by atoms with Gasteiger partial charge in [-0.3, -0.25) is 23.9 Å². The number of aryl methyl sites for hydroxylation is 1. The van der Waals surface area contributed by atoms with E-state index in [4.69, 9.17) is 20.1 Å². The molecular formula is C16H21N5O7. The number of carbonyl (C=O) groups is 2. The summed E-state index contributed by atoms with van der Waals surface area (Å²) in [5.41, 5.74) is 7.90. The summed E-state index contributed by atoms with van der Waals surface area (Å²) in [6, 6.07) is -0.658. The molecule has 152 valence electrons. The molecule has 0 aromatic carbocycles. The summed E-state index contributed by atoms with van der Waals surface area (Å²) in [7, 11) is 0. The third kappa shape index (κ3) is 5.69. The van der Waals surface area contributed by atoms with Crippen LogP contribution >= 0.6 is 0 Å². The number of rotatable bonds is 9. The van der Waals surface area contributed by atoms with Crippen molar-refractivity contribution in [3.05, 3.63) is 43.0 Å². The van der Waals surface area contributed by atoms with E-state index in [-0.39, 0.29) is 25.9 Å². The zero-order chi connectivity index (χ0) is 20.7. The van der Waals surface area contributed by atoms with Gasteiger partial charge in [-0.05, 0) is 25.3 Å². The Morgan fingerprint density at radius 1 is 1.43 bits per heavy atom. The number of aromatic nitrogens is 2. The molecule has 12 nitrogen and oxygen atoms in total. The van der Waals surface area contributed by atoms with Crippen LogP contribution in [-0.4, -0.2) is 45.3 Å². The summed E-state index contributed by atoms with van der Waals surface area (Å²) in [4.78, 5) is 50.6. The van der Waals surface area contributed by atoms with Crippen molar-refractivity contribution in [2.45, 2.75) is 57.4 Å². The number of carboxylic acids is 1. The van der Waals surface area contributed by atoms with Crippen molar-refractivity contribution in [1.82, 2.24) is 9.55 Å². The third-order valence-corrected chi connectivity index (χ3v) is 4.29. The molecule has 1 saturated heterocycles. The summed E-state index contributed by atoms with van der Waals surface area (Å²) < 4.78 is 12.0. The quantitative estimate of drug-likeness (QED) is 0.206. The Labute approximate surface area is 158 Å². The van der Waals surface area contributed by atoms with Crippen LogP contribution in [0.15, 0.2) is 20.9 Å². The molecule has 1 aromatic rings. The van der Waals surface area contributed by atoms with Crippen LogP contribution < -0.4 is 11.2 Å². The standard InChI is InChI=1S/C16H21N5O7/c1-9-7-21(16(26)18-15(9)25)12-6-10(19-20-17)11(28-12)8-27-14(24)5-3-2-4-13(22)23/h7,10-12H,2-6,8H2,1H3,(H,22,23)(H,18,25,26). The lowest BCUT2D eigenvalue weighted by molar-refractivity contribution is -0.149. The molecule has 3 unspecified atom stereocenters. The highest BCUT2D eigenvalue weighted by Crippen LogP contribution is 2.30. The SMILES string of the molecule is Cc1cn(C2CC(N=[N+]=[N-])C(COC(=O)CCCCC(=O)O)O2)c(=O)[nH]c1=O. The average molecular weight is 395 g/mol. The monoisotopic (exact) mass is 395 g/mol. The second-order valence-corrected chi connectivity index (χ2v) is 6.40. The maximum Gasteiger partial charge on any atom is 0.330 e. The van der Waals surface area contributed by atoms with Crippen molar-refractivity contribution in [2.24, 2.45) is 5.11 Å². The van der Waals surface area contributed by atoms with E-state index in [0.717, 1.165) is 0 Å². The lowest BCUT2D eigenvalue weighted by atomic mass is 10.1. The zero-order valence-electron chi connectivity index (χ0n) is 15.2. The minimum atomic E-state index is -0.927. The largest absolute Gasteiger partial charge is 0.481 e. The molecule has 1 fully saturated rings. The van der Waals surface area contributed by atoms with Gasteiger partial charge in [-0.15, -0.1) is 0 Å². The summed E-state index contributed by atoms with van der Waals surface area (Å²) in [6.45, 7) is 1.37. The van der Waals surface area contributed by atoms with Crippen LogP contribution in [-0.2, 0) is 19.1 Å². The van der Waals surface area contributed by atoms with Crippen molar-refractivity contribution in [3.63, 3.8) is 0 Å². The Hall–Kier alpha value is -3.11. The lowest BCUT2D eigenvalue weighted by Crippen LogP contribution is -2.33. The highest BCUT2D eigenvalue weighted by molar-refractivity contribution is 5.69. The molecule has 0 bridgehead atoms. The molecule has 3 atom stereocenters. The first-order valence-corrected chi connectivity index (χ1v) is 8.71. The molecule has 2 heterocycles. The number of aliphatic carboxylic acids is 1. The first kappa shape index (κ1) is 21.2. The Morgan fingerprint density at radius 3 is 2.82 bits per heavy atom. The van der Waals surface area contributed by atoms with Crippen molar-refractivity contribution in [2.75, 3.05) is 6.61 Å². The minimum absolute atomic E-state index is 0.0208. The predicted molar refractivity (Wildman–Crippen MR) is 94.6 cm³/mol. The number of H-pyrrole nitrogens is 1. The van der Waals surface area contributed by atoms with Crippen molar-refractivity contribution < 1.29 is 24.2 Å². The second-order valence-electron chi connectivity index (χ2n) is 6.40. The Balaban J connectivity index is 1.96. The Kier molecular flexibility index (Phi) is 7.36. The van der Waals surface area contributed by atoms with Crippen LogP contribution in [0.4, 0.5) is 0 Å². The molecule has 0 spiro atoms. The van der Waals surface area contributed by atoms with E-state index in [1.807, 2.05) is 0 Å². The summed E-state index contributed by atoms with van der Waals surface area (Å²) >= 11 is 0. The molecule has 12 heteroatoms. The van der Waals surface area contributed by atoms with Gasteiger partial charge in [0.15, 0.2) is 0 Å². The fraction of sp³-hybridized carbons (Fsp3) is 0.625. The van der Waals surface area contributed by atoms with Crippen LogP contribution in [0.3, 0.4) is 0 Å². The van der Waals surface area contributed by atoms with Crippen LogP contribution in [0.1, 0.15) is 43.9 Å². The summed E-state index contributed by atoms with van der Waals surface area (Å²) in [6.07, 6.45) is 0.793. The van der Waals surface area contributed by atoms with Crippen molar-refractivity contribution in [1.29, 1.82) is 0 Å². The highest BCUT2D eigenvalue weighted by Gasteiger charge is 2.37. The van der Waals surface area contributed by atoms with Crippen LogP contribution in [0.25, 0.3) is 10.4 Å². The molecule has 0 radical (unpaired) electrons. The number of esters is 1. The van der Waals surface area contributed by atoms with E-state index in [0.29, 0.717) is 18.4 Å². The fourth-order valence-electron chi connectivity index (χ4n) is 2.82. The van der Waals surface area contributed by atoms with Crippen molar-refractivity contribution in [3.8, 4) is 0 Å². The van der Waals surface area contributed by atoms with E-state index >= 15 is 0 Å². The molecule has 2 N–H and O–H groups in total. The lowest BCUT2D eigenvalue weighted by Gasteiger charge is -2.16. The second kappa shape index (κ2) is 9.72. The molecule has 0 saturated carbocycles. The first-order chi connectivity index (χ1) is 13.3. The zero-order valence-corrected chi connectivity index (χ0v) is 15.2. The fourth-order valence-corrected chi connectivity index (χ4v) is 2.82. The number of hydrogen-bond acceptors (Lipinski definition) is 7. The topological polar surface area (TPSA) is 176 Å². The number of hydrogen-bond donors (Lipinski definition) is 2. The minimum Gasteiger partial charge on any atom is -0.481 e. The predicted octanol–water partition coefficient (Wildman–Crippen LogP) is 1.000. The third-order valence-electron chi connectivity index (χ3n) is 4.29. The number of nitrogens with one attached hydrogen (secondary N) is 1. The molecule has 1 aliphatic rings. The van der Waals surface area contributed by atoms with Gasteiger partial charge in [0, 0.05) is 35.9 Å². The normalized spacial score (nSPS) is 21.1. The van der Waals surface area contributed by atoms with Gasteiger partial charge in [0.2, 0.25) is 0 Å². The van der Waals surface area contributed by atoms with E-state index in [9.17, 15) is 19.2 Å². The smallest absolute Gasteiger partial charge is 0.330 e. The maximum atomic E-state index is 12.0. The number of aromatic amines is 1. The van der Waals surface area contributed by atoms with Gasteiger partial charge in [-0.2, -0.15) is 0 Å². The van der Waals surface area contributed by atoms with Crippen molar-refractivity contribution >= 4 is 11.9 Å². The van der Waals surface area contributed by atoms with E-state index < -0.39 is 41.6 Å². The maximum absolute atomic E-state index is 12.0. The van der Waals surface area contributed by atoms with E-state index in [2.05, 4.69) is 15.0 Å². The van der Waals surface area contributed by atoms with Gasteiger partial charge < -0.3 is 14.6 Å². The van der Waals surface area contributed by atoms with Gasteiger partial charge in [0.1, 0.15) is 18.9 Å². The Bertz CT molecular complexity index is 886. The van der Waals surface area contributed by atoms with Gasteiger partial charge in [-0.25, -0.2) is 4.79 Å². The van der Waals surface area contributed by atoms with Gasteiger partial charge in [0.25, 0.3) is 5.56 Å². The molecule has 1 aliphatic heterocycles. The highest BCUT2D eigenvalue weighted by atomic mass is 16.6. The van der Waals surface area contributed by atoms with Gasteiger partial charge in [-0.1, -0.05) is 5.11 Å². The number of carboxylic acid groups (broad SMARTS) is 1. The van der Waals surface area contributed by atoms with E-state index in [1.165, 1.54) is 17.7 Å². The molecule has 28 heavy (non-hydrogen) atoms. The Morgan fingerprint density at radius 2 is 2.14 bits per heavy atom. The van der Waals surface area contributed by atoms with Gasteiger partial charge >= 0.3 is 17.6 Å². The molecule has 1 aromatic heterocycles. The number of ether oxygens (including phenoxy) is 2. The summed E-state index contributed by atoms with van der Waals surface area (Å²) in [5, 5.41) is 12.2. The molecular weight excluding hydrogens is 374 g/mol. The molecule has 0 aliphatic carbocycles. The summed E-state index contributed by atoms with van der Waals surface area (Å²) in [5.74, 6) is -1.45. The number of nitrogens with zero attached hydrogens (tertiary/aromatic N) is 4. The number of unbranched alkanes of at least 4 members (excludes halogenated alkanes) is 1. The molecule has 0 amide bonds. The van der Waals surface area contributed by atoms with Crippen LogP contribution in [0.2, 0.25) is 0 Å².